The highest BCUT2D eigenvalue weighted by Gasteiger charge is 2.30. The third kappa shape index (κ3) is 4.41. The van der Waals surface area contributed by atoms with E-state index in [1.807, 2.05) is 0 Å². The van der Waals surface area contributed by atoms with Gasteiger partial charge in [-0.25, -0.2) is 10.2 Å². The molecule has 0 fully saturated rings. The van der Waals surface area contributed by atoms with Gasteiger partial charge in [-0.15, -0.1) is 0 Å². The van der Waals surface area contributed by atoms with Crippen molar-refractivity contribution in [1.29, 1.82) is 5.26 Å². The molecule has 0 aliphatic carbocycles. The summed E-state index contributed by atoms with van der Waals surface area (Å²) < 4.78 is 42.9. The zero-order valence-electron chi connectivity index (χ0n) is 13.2. The van der Waals surface area contributed by atoms with Gasteiger partial charge in [0.1, 0.15) is 6.07 Å². The molecule has 0 unspecified atom stereocenters. The van der Waals surface area contributed by atoms with Crippen LogP contribution in [-0.2, 0) is 6.18 Å². The Morgan fingerprint density at radius 3 is 2.69 bits per heavy atom. The molecule has 12 heteroatoms. The molecule has 26 heavy (non-hydrogen) atoms. The molecule has 136 valence electrons. The molecule has 2 amide bonds. The van der Waals surface area contributed by atoms with Gasteiger partial charge >= 0.3 is 12.2 Å². The number of rotatable bonds is 4. The highest BCUT2D eigenvalue weighted by atomic mass is 19.4. The van der Waals surface area contributed by atoms with Crippen molar-refractivity contribution in [3.8, 4) is 11.9 Å². The predicted octanol–water partition coefficient (Wildman–Crippen LogP) is 2.11. The second-order valence-electron chi connectivity index (χ2n) is 4.71. The fourth-order valence-corrected chi connectivity index (χ4v) is 1.85. The number of hydrogen-bond acceptors (Lipinski definition) is 7. The minimum absolute atomic E-state index is 0.0839. The summed E-state index contributed by atoms with van der Waals surface area (Å²) >= 11 is 0. The van der Waals surface area contributed by atoms with E-state index in [2.05, 4.69) is 26.1 Å². The monoisotopic (exact) mass is 367 g/mol. The van der Waals surface area contributed by atoms with Crippen molar-refractivity contribution in [3.63, 3.8) is 0 Å². The zero-order chi connectivity index (χ0) is 19.3. The van der Waals surface area contributed by atoms with Gasteiger partial charge in [-0.2, -0.15) is 28.4 Å². The molecule has 0 aliphatic rings. The second-order valence-corrected chi connectivity index (χ2v) is 4.71. The van der Waals surface area contributed by atoms with Crippen LogP contribution in [0.4, 0.5) is 35.4 Å². The lowest BCUT2D eigenvalue weighted by Gasteiger charge is -2.13. The Labute approximate surface area is 145 Å². The number of anilines is 3. The molecule has 0 aliphatic heterocycles. The van der Waals surface area contributed by atoms with E-state index in [1.165, 1.54) is 13.2 Å². The SMILES string of the molecule is COc1nc(N)nc(NNC(=O)Nc2cccc(C(F)(F)F)c2)c1C#N. The number of benzene rings is 1. The van der Waals surface area contributed by atoms with E-state index in [0.717, 1.165) is 18.2 Å². The number of ether oxygens (including phenoxy) is 1. The van der Waals surface area contributed by atoms with Crippen molar-refractivity contribution in [2.75, 3.05) is 23.6 Å². The number of hydrogen-bond donors (Lipinski definition) is 4. The van der Waals surface area contributed by atoms with Crippen LogP contribution >= 0.6 is 0 Å². The Morgan fingerprint density at radius 1 is 1.35 bits per heavy atom. The lowest BCUT2D eigenvalue weighted by Crippen LogP contribution is -2.34. The standard InChI is InChI=1S/C14H12F3N7O2/c1-26-11-9(6-18)10(21-12(19)22-11)23-24-13(25)20-8-4-2-3-7(5-8)14(15,16)17/h2-5H,1H3,(H2,20,24,25)(H3,19,21,22,23). The molecule has 9 nitrogen and oxygen atoms in total. The van der Waals surface area contributed by atoms with Crippen LogP contribution in [0.1, 0.15) is 11.1 Å². The van der Waals surface area contributed by atoms with Gasteiger partial charge in [0.05, 0.1) is 12.7 Å². The van der Waals surface area contributed by atoms with Crippen LogP contribution in [0.5, 0.6) is 5.88 Å². The lowest BCUT2D eigenvalue weighted by atomic mass is 10.2. The van der Waals surface area contributed by atoms with Gasteiger partial charge in [-0.1, -0.05) is 6.07 Å². The minimum atomic E-state index is -4.54. The van der Waals surface area contributed by atoms with Crippen molar-refractivity contribution in [3.05, 3.63) is 35.4 Å². The van der Waals surface area contributed by atoms with Gasteiger partial charge in [0.15, 0.2) is 11.4 Å². The molecule has 1 aromatic heterocycles. The molecule has 2 aromatic rings. The summed E-state index contributed by atoms with van der Waals surface area (Å²) in [6, 6.07) is 4.95. The second kappa shape index (κ2) is 7.43. The fraction of sp³-hybridized carbons (Fsp3) is 0.143. The largest absolute Gasteiger partial charge is 0.480 e. The smallest absolute Gasteiger partial charge is 0.416 e. The van der Waals surface area contributed by atoms with Crippen LogP contribution in [0, 0.1) is 11.3 Å². The maximum atomic E-state index is 12.7. The molecule has 1 heterocycles. The summed E-state index contributed by atoms with van der Waals surface area (Å²) in [6.45, 7) is 0. The number of nitrogens with two attached hydrogens (primary N) is 1. The number of hydrazine groups is 1. The van der Waals surface area contributed by atoms with Crippen LogP contribution in [0.15, 0.2) is 24.3 Å². The van der Waals surface area contributed by atoms with Gasteiger partial charge in [0.25, 0.3) is 0 Å². The van der Waals surface area contributed by atoms with Crippen LogP contribution in [0.2, 0.25) is 0 Å². The number of nitrogen functional groups attached to an aromatic ring is 1. The number of nitrogens with one attached hydrogen (secondary N) is 3. The van der Waals surface area contributed by atoms with E-state index in [1.54, 1.807) is 6.07 Å². The summed E-state index contributed by atoms with van der Waals surface area (Å²) in [5.74, 6) is -0.470. The van der Waals surface area contributed by atoms with Gasteiger partial charge in [0.2, 0.25) is 11.8 Å². The van der Waals surface area contributed by atoms with E-state index in [-0.39, 0.29) is 28.9 Å². The minimum Gasteiger partial charge on any atom is -0.480 e. The number of urea groups is 1. The normalized spacial score (nSPS) is 10.6. The molecule has 0 bridgehead atoms. The number of halogens is 3. The quantitative estimate of drug-likeness (QED) is 0.607. The molecular weight excluding hydrogens is 355 g/mol. The maximum Gasteiger partial charge on any atom is 0.416 e. The number of amides is 2. The average Bonchev–Trinajstić information content (AvgIpc) is 2.58. The number of carbonyl (C=O) groups excluding carboxylic acids is 1. The molecule has 5 N–H and O–H groups in total. The van der Waals surface area contributed by atoms with Crippen molar-refractivity contribution in [2.45, 2.75) is 6.18 Å². The van der Waals surface area contributed by atoms with Crippen molar-refractivity contribution in [1.82, 2.24) is 15.4 Å². The molecular formula is C14H12F3N7O2. The summed E-state index contributed by atoms with van der Waals surface area (Å²) in [5.41, 5.74) is 8.79. The molecule has 1 aromatic carbocycles. The Kier molecular flexibility index (Phi) is 5.31. The first-order chi connectivity index (χ1) is 12.2. The third-order valence-electron chi connectivity index (χ3n) is 2.94. The number of alkyl halides is 3. The van der Waals surface area contributed by atoms with Crippen molar-refractivity contribution in [2.24, 2.45) is 0 Å². The summed E-state index contributed by atoms with van der Waals surface area (Å²) in [6.07, 6.45) is -4.54. The topological polar surface area (TPSA) is 138 Å². The van der Waals surface area contributed by atoms with Gasteiger partial charge in [-0.05, 0) is 18.2 Å². The number of methoxy groups -OCH3 is 1. The van der Waals surface area contributed by atoms with Gasteiger partial charge in [-0.3, -0.25) is 5.43 Å². The number of nitrogens with zero attached hydrogens (tertiary/aromatic N) is 3. The third-order valence-corrected chi connectivity index (χ3v) is 2.94. The number of aromatic nitrogens is 2. The van der Waals surface area contributed by atoms with E-state index < -0.39 is 17.8 Å². The van der Waals surface area contributed by atoms with E-state index >= 15 is 0 Å². The zero-order valence-corrected chi connectivity index (χ0v) is 13.2. The first kappa shape index (κ1) is 18.6. The van der Waals surface area contributed by atoms with Crippen LogP contribution in [-0.4, -0.2) is 23.1 Å². The lowest BCUT2D eigenvalue weighted by molar-refractivity contribution is -0.137. The fourth-order valence-electron chi connectivity index (χ4n) is 1.85. The number of nitriles is 1. The van der Waals surface area contributed by atoms with Gasteiger partial charge < -0.3 is 15.8 Å². The van der Waals surface area contributed by atoms with Crippen LogP contribution in [0.3, 0.4) is 0 Å². The van der Waals surface area contributed by atoms with Crippen molar-refractivity contribution >= 4 is 23.5 Å². The molecule has 0 radical (unpaired) electrons. The summed E-state index contributed by atoms with van der Waals surface area (Å²) in [5, 5.41) is 11.3. The molecule has 0 saturated carbocycles. The van der Waals surface area contributed by atoms with Gasteiger partial charge in [0, 0.05) is 5.69 Å². The molecule has 0 atom stereocenters. The molecule has 0 saturated heterocycles. The first-order valence-corrected chi connectivity index (χ1v) is 6.86. The van der Waals surface area contributed by atoms with E-state index in [4.69, 9.17) is 15.7 Å². The van der Waals surface area contributed by atoms with E-state index in [9.17, 15) is 18.0 Å². The Morgan fingerprint density at radius 2 is 2.08 bits per heavy atom. The highest BCUT2D eigenvalue weighted by molar-refractivity contribution is 5.90. The van der Waals surface area contributed by atoms with Crippen LogP contribution in [0.25, 0.3) is 0 Å². The van der Waals surface area contributed by atoms with E-state index in [0.29, 0.717) is 0 Å². The molecule has 0 spiro atoms. The van der Waals surface area contributed by atoms with Crippen LogP contribution < -0.4 is 26.6 Å². The average molecular weight is 367 g/mol. The summed E-state index contributed by atoms with van der Waals surface area (Å²) in [7, 11) is 1.26. The first-order valence-electron chi connectivity index (χ1n) is 6.86. The summed E-state index contributed by atoms with van der Waals surface area (Å²) in [4.78, 5) is 19.3. The Balaban J connectivity index is 2.09. The number of carbonyl (C=O) groups is 1. The Hall–Kier alpha value is -3.75. The van der Waals surface area contributed by atoms with Crippen molar-refractivity contribution < 1.29 is 22.7 Å². The highest BCUT2D eigenvalue weighted by Crippen LogP contribution is 2.30. The predicted molar refractivity (Wildman–Crippen MR) is 84.9 cm³/mol. The molecule has 2 rings (SSSR count). The Bertz CT molecular complexity index is 865. The maximum absolute atomic E-state index is 12.7.